The summed E-state index contributed by atoms with van der Waals surface area (Å²) in [6.07, 6.45) is 0. The molecule has 7 heteroatoms. The van der Waals surface area contributed by atoms with Gasteiger partial charge in [-0.15, -0.1) is 11.3 Å². The number of quaternary nitrogens is 1. The zero-order valence-electron chi connectivity index (χ0n) is 14.0. The van der Waals surface area contributed by atoms with Crippen molar-refractivity contribution in [3.05, 3.63) is 45.8 Å². The number of nitriles is 1. The maximum Gasteiger partial charge on any atom is 0.280 e. The number of nitrogens with zero attached hydrogens (tertiary/aromatic N) is 2. The SMILES string of the molecule is Cc1ccc(Cl)cc1N1CC[NH+](CC(=O)Nc2sccc2C#N)CC1. The van der Waals surface area contributed by atoms with Crippen molar-refractivity contribution in [2.24, 2.45) is 0 Å². The van der Waals surface area contributed by atoms with Gasteiger partial charge in [-0.1, -0.05) is 17.7 Å². The van der Waals surface area contributed by atoms with Gasteiger partial charge in [-0.2, -0.15) is 5.26 Å². The zero-order chi connectivity index (χ0) is 17.8. The molecule has 1 aromatic heterocycles. The fourth-order valence-electron chi connectivity index (χ4n) is 3.06. The number of nitrogens with one attached hydrogen (secondary N) is 2. The van der Waals surface area contributed by atoms with Crippen LogP contribution in [0.25, 0.3) is 0 Å². The van der Waals surface area contributed by atoms with E-state index in [1.807, 2.05) is 23.6 Å². The van der Waals surface area contributed by atoms with Crippen LogP contribution >= 0.6 is 22.9 Å². The van der Waals surface area contributed by atoms with Gasteiger partial charge in [-0.3, -0.25) is 4.79 Å². The fourth-order valence-corrected chi connectivity index (χ4v) is 3.98. The lowest BCUT2D eigenvalue weighted by Crippen LogP contribution is -3.15. The highest BCUT2D eigenvalue weighted by Crippen LogP contribution is 2.24. The predicted octanol–water partition coefficient (Wildman–Crippen LogP) is 1.93. The maximum atomic E-state index is 12.2. The van der Waals surface area contributed by atoms with Crippen LogP contribution in [0.15, 0.2) is 29.6 Å². The molecule has 0 bridgehead atoms. The summed E-state index contributed by atoms with van der Waals surface area (Å²) in [5, 5.41) is 15.1. The number of hydrogen-bond donors (Lipinski definition) is 2. The van der Waals surface area contributed by atoms with Gasteiger partial charge in [0.05, 0.1) is 31.7 Å². The van der Waals surface area contributed by atoms with Crippen LogP contribution in [0.4, 0.5) is 10.7 Å². The van der Waals surface area contributed by atoms with Crippen LogP contribution in [0.5, 0.6) is 0 Å². The summed E-state index contributed by atoms with van der Waals surface area (Å²) in [5.41, 5.74) is 2.91. The molecule has 1 aliphatic rings. The van der Waals surface area contributed by atoms with Gasteiger partial charge >= 0.3 is 0 Å². The Hall–Kier alpha value is -2.07. The van der Waals surface area contributed by atoms with Crippen LogP contribution in [-0.2, 0) is 4.79 Å². The molecular weight excluding hydrogens is 356 g/mol. The molecule has 5 nitrogen and oxygen atoms in total. The molecule has 0 unspecified atom stereocenters. The fraction of sp³-hybridized carbons (Fsp3) is 0.333. The number of halogens is 1. The van der Waals surface area contributed by atoms with E-state index in [-0.39, 0.29) is 5.91 Å². The first kappa shape index (κ1) is 17.7. The molecule has 1 amide bonds. The molecule has 0 aliphatic carbocycles. The summed E-state index contributed by atoms with van der Waals surface area (Å²) in [5.74, 6) is -0.0404. The van der Waals surface area contributed by atoms with E-state index in [1.54, 1.807) is 6.07 Å². The molecule has 0 saturated carbocycles. The minimum atomic E-state index is -0.0404. The standard InChI is InChI=1S/C18H19ClN4OS/c1-13-2-3-15(19)10-16(13)23-7-5-22(6-8-23)12-17(24)21-18-14(11-20)4-9-25-18/h2-4,9-10H,5-8,12H2,1H3,(H,21,24)/p+1. The third-order valence-corrected chi connectivity index (χ3v) is 5.50. The van der Waals surface area contributed by atoms with Crippen molar-refractivity contribution in [3.63, 3.8) is 0 Å². The summed E-state index contributed by atoms with van der Waals surface area (Å²) >= 11 is 7.50. The molecule has 1 fully saturated rings. The molecule has 0 atom stereocenters. The quantitative estimate of drug-likeness (QED) is 0.858. The third-order valence-electron chi connectivity index (χ3n) is 4.43. The van der Waals surface area contributed by atoms with Crippen LogP contribution < -0.4 is 15.1 Å². The number of hydrogen-bond acceptors (Lipinski definition) is 4. The Morgan fingerprint density at radius 2 is 2.16 bits per heavy atom. The van der Waals surface area contributed by atoms with Crippen LogP contribution in [0.1, 0.15) is 11.1 Å². The van der Waals surface area contributed by atoms with E-state index < -0.39 is 0 Å². The number of piperazine rings is 1. The Balaban J connectivity index is 1.53. The molecule has 1 aliphatic heterocycles. The van der Waals surface area contributed by atoms with Crippen molar-refractivity contribution < 1.29 is 9.69 Å². The number of thiophene rings is 1. The molecule has 2 N–H and O–H groups in total. The van der Waals surface area contributed by atoms with Gasteiger partial charge in [0.15, 0.2) is 6.54 Å². The smallest absolute Gasteiger partial charge is 0.280 e. The number of rotatable bonds is 4. The third kappa shape index (κ3) is 4.31. The molecule has 25 heavy (non-hydrogen) atoms. The highest BCUT2D eigenvalue weighted by Gasteiger charge is 2.23. The molecule has 2 heterocycles. The molecule has 130 valence electrons. The zero-order valence-corrected chi connectivity index (χ0v) is 15.6. The molecule has 3 rings (SSSR count). The first-order chi connectivity index (χ1) is 12.1. The van der Waals surface area contributed by atoms with Crippen molar-refractivity contribution in [1.82, 2.24) is 0 Å². The number of anilines is 2. The van der Waals surface area contributed by atoms with Gasteiger partial charge < -0.3 is 15.1 Å². The molecule has 2 aromatic rings. The Kier molecular flexibility index (Phi) is 5.59. The van der Waals surface area contributed by atoms with Gasteiger partial charge in [0.2, 0.25) is 0 Å². The van der Waals surface area contributed by atoms with Gasteiger partial charge in [0, 0.05) is 10.7 Å². The topological polar surface area (TPSA) is 60.6 Å². The first-order valence-corrected chi connectivity index (χ1v) is 9.44. The van der Waals surface area contributed by atoms with Crippen molar-refractivity contribution >= 4 is 39.5 Å². The lowest BCUT2D eigenvalue weighted by atomic mass is 10.1. The van der Waals surface area contributed by atoms with E-state index in [0.29, 0.717) is 17.1 Å². The minimum absolute atomic E-state index is 0.0404. The van der Waals surface area contributed by atoms with E-state index in [9.17, 15) is 4.79 Å². The molecule has 0 spiro atoms. The van der Waals surface area contributed by atoms with Gasteiger partial charge in [0.1, 0.15) is 11.1 Å². The molecule has 0 radical (unpaired) electrons. The summed E-state index contributed by atoms with van der Waals surface area (Å²) in [7, 11) is 0. The highest BCUT2D eigenvalue weighted by atomic mass is 35.5. The number of carbonyl (C=O) groups is 1. The second kappa shape index (κ2) is 7.87. The second-order valence-electron chi connectivity index (χ2n) is 6.17. The van der Waals surface area contributed by atoms with E-state index in [1.165, 1.54) is 27.5 Å². The number of carbonyl (C=O) groups excluding carboxylic acids is 1. The molecule has 1 aromatic carbocycles. The minimum Gasteiger partial charge on any atom is -0.360 e. The van der Waals surface area contributed by atoms with Gasteiger partial charge in [0.25, 0.3) is 5.91 Å². The maximum absolute atomic E-state index is 12.2. The summed E-state index contributed by atoms with van der Waals surface area (Å²) in [4.78, 5) is 15.8. The predicted molar refractivity (Wildman–Crippen MR) is 102 cm³/mol. The van der Waals surface area contributed by atoms with Crippen LogP contribution in [0.2, 0.25) is 5.02 Å². The van der Waals surface area contributed by atoms with Crippen LogP contribution in [0.3, 0.4) is 0 Å². The lowest BCUT2D eigenvalue weighted by Gasteiger charge is -2.34. The summed E-state index contributed by atoms with van der Waals surface area (Å²) in [6.45, 7) is 6.10. The van der Waals surface area contributed by atoms with Gasteiger partial charge in [-0.25, -0.2) is 0 Å². The van der Waals surface area contributed by atoms with Crippen molar-refractivity contribution in [2.75, 3.05) is 42.9 Å². The second-order valence-corrected chi connectivity index (χ2v) is 7.52. The largest absolute Gasteiger partial charge is 0.360 e. The molecule has 1 saturated heterocycles. The molecular formula is C18H20ClN4OS+. The van der Waals surface area contributed by atoms with E-state index >= 15 is 0 Å². The van der Waals surface area contributed by atoms with Crippen LogP contribution in [0, 0.1) is 18.3 Å². The van der Waals surface area contributed by atoms with E-state index in [4.69, 9.17) is 16.9 Å². The summed E-state index contributed by atoms with van der Waals surface area (Å²) < 4.78 is 0. The lowest BCUT2D eigenvalue weighted by molar-refractivity contribution is -0.892. The Morgan fingerprint density at radius 3 is 2.88 bits per heavy atom. The summed E-state index contributed by atoms with van der Waals surface area (Å²) in [6, 6.07) is 9.77. The Bertz CT molecular complexity index is 806. The number of aryl methyl sites for hydroxylation is 1. The first-order valence-electron chi connectivity index (χ1n) is 8.19. The van der Waals surface area contributed by atoms with Crippen molar-refractivity contribution in [2.45, 2.75) is 6.92 Å². The average Bonchev–Trinajstić information content (AvgIpc) is 3.05. The normalized spacial score (nSPS) is 15.0. The average molecular weight is 376 g/mol. The van der Waals surface area contributed by atoms with Crippen LogP contribution in [-0.4, -0.2) is 38.6 Å². The highest BCUT2D eigenvalue weighted by molar-refractivity contribution is 7.14. The monoisotopic (exact) mass is 375 g/mol. The Labute approximate surface area is 156 Å². The van der Waals surface area contributed by atoms with Crippen molar-refractivity contribution in [1.29, 1.82) is 5.26 Å². The Morgan fingerprint density at radius 1 is 1.40 bits per heavy atom. The number of amides is 1. The number of benzene rings is 1. The van der Waals surface area contributed by atoms with Crippen molar-refractivity contribution in [3.8, 4) is 6.07 Å². The van der Waals surface area contributed by atoms with Gasteiger partial charge in [-0.05, 0) is 36.1 Å². The van der Waals surface area contributed by atoms with E-state index in [2.05, 4.69) is 23.2 Å². The van der Waals surface area contributed by atoms with E-state index in [0.717, 1.165) is 31.2 Å².